The predicted molar refractivity (Wildman–Crippen MR) is 111 cm³/mol. The Labute approximate surface area is 179 Å². The molecule has 2 aliphatic rings. The third-order valence-electron chi connectivity index (χ3n) is 5.73. The Balaban J connectivity index is 1.21. The number of methoxy groups -OCH3 is 1. The van der Waals surface area contributed by atoms with E-state index in [4.69, 9.17) is 18.7 Å². The van der Waals surface area contributed by atoms with E-state index in [0.717, 1.165) is 18.4 Å². The molecule has 0 unspecified atom stereocenters. The quantitative estimate of drug-likeness (QED) is 0.639. The summed E-state index contributed by atoms with van der Waals surface area (Å²) in [5.41, 5.74) is 0.770. The number of aromatic nitrogens is 2. The Morgan fingerprint density at radius 3 is 2.61 bits per heavy atom. The number of amides is 1. The highest BCUT2D eigenvalue weighted by atomic mass is 16.6. The highest BCUT2D eigenvalue weighted by molar-refractivity contribution is 5.82. The van der Waals surface area contributed by atoms with Crippen LogP contribution < -0.4 is 14.2 Å². The van der Waals surface area contributed by atoms with Crippen molar-refractivity contribution in [2.24, 2.45) is 0 Å². The number of nitrogens with zero attached hydrogens (tertiary/aromatic N) is 3. The molecule has 31 heavy (non-hydrogen) atoms. The largest absolute Gasteiger partial charge is 0.496 e. The number of benzene rings is 2. The second kappa shape index (κ2) is 8.29. The first-order valence-corrected chi connectivity index (χ1v) is 10.4. The number of hydrogen-bond acceptors (Lipinski definition) is 7. The second-order valence-electron chi connectivity index (χ2n) is 7.62. The van der Waals surface area contributed by atoms with Crippen molar-refractivity contribution in [2.45, 2.75) is 24.9 Å². The topological polar surface area (TPSA) is 86.9 Å². The van der Waals surface area contributed by atoms with Gasteiger partial charge in [-0.05, 0) is 37.1 Å². The molecule has 160 valence electrons. The van der Waals surface area contributed by atoms with Crippen LogP contribution in [0, 0.1) is 0 Å². The summed E-state index contributed by atoms with van der Waals surface area (Å²) in [5.74, 6) is 3.17. The normalized spacial score (nSPS) is 18.6. The highest BCUT2D eigenvalue weighted by Crippen LogP contribution is 2.34. The number of rotatable bonds is 4. The second-order valence-corrected chi connectivity index (χ2v) is 7.62. The predicted octanol–water partition coefficient (Wildman–Crippen LogP) is 3.29. The first-order valence-electron chi connectivity index (χ1n) is 10.4. The van der Waals surface area contributed by atoms with Gasteiger partial charge in [-0.2, -0.15) is 4.98 Å². The third-order valence-corrected chi connectivity index (χ3v) is 5.73. The molecule has 2 aliphatic heterocycles. The summed E-state index contributed by atoms with van der Waals surface area (Å²) in [4.78, 5) is 19.3. The van der Waals surface area contributed by atoms with E-state index in [1.807, 2.05) is 53.4 Å². The summed E-state index contributed by atoms with van der Waals surface area (Å²) in [6, 6.07) is 15.0. The number of piperidine rings is 1. The minimum Gasteiger partial charge on any atom is -0.496 e. The van der Waals surface area contributed by atoms with Gasteiger partial charge in [-0.3, -0.25) is 4.79 Å². The molecular weight excluding hydrogens is 398 g/mol. The van der Waals surface area contributed by atoms with Crippen LogP contribution in [0.25, 0.3) is 11.5 Å². The summed E-state index contributed by atoms with van der Waals surface area (Å²) in [7, 11) is 1.61. The van der Waals surface area contributed by atoms with Crippen LogP contribution in [0.1, 0.15) is 24.6 Å². The van der Waals surface area contributed by atoms with Gasteiger partial charge in [-0.15, -0.1) is 0 Å². The van der Waals surface area contributed by atoms with Gasteiger partial charge in [0, 0.05) is 19.0 Å². The van der Waals surface area contributed by atoms with Gasteiger partial charge in [0.25, 0.3) is 11.8 Å². The van der Waals surface area contributed by atoms with Gasteiger partial charge in [-0.25, -0.2) is 0 Å². The van der Waals surface area contributed by atoms with Crippen molar-refractivity contribution >= 4 is 5.91 Å². The van der Waals surface area contributed by atoms with Crippen LogP contribution in [0.2, 0.25) is 0 Å². The lowest BCUT2D eigenvalue weighted by molar-refractivity contribution is -0.142. The van der Waals surface area contributed by atoms with E-state index in [2.05, 4.69) is 10.1 Å². The zero-order valence-electron chi connectivity index (χ0n) is 17.2. The monoisotopic (exact) mass is 421 g/mol. The number of carbonyl (C=O) groups is 1. The molecule has 0 bridgehead atoms. The fraction of sp³-hybridized carbons (Fsp3) is 0.348. The molecule has 1 fully saturated rings. The Morgan fingerprint density at radius 1 is 1.06 bits per heavy atom. The van der Waals surface area contributed by atoms with Gasteiger partial charge in [0.15, 0.2) is 17.3 Å². The van der Waals surface area contributed by atoms with Crippen LogP contribution in [0.4, 0.5) is 0 Å². The molecule has 8 heteroatoms. The van der Waals surface area contributed by atoms with Gasteiger partial charge < -0.3 is 23.6 Å². The molecule has 3 aromatic rings. The molecule has 8 nitrogen and oxygen atoms in total. The van der Waals surface area contributed by atoms with Gasteiger partial charge in [0.05, 0.1) is 12.7 Å². The molecule has 2 aromatic carbocycles. The van der Waals surface area contributed by atoms with Crippen molar-refractivity contribution < 1.29 is 23.5 Å². The number of carbonyl (C=O) groups excluding carboxylic acids is 1. The van der Waals surface area contributed by atoms with Crippen LogP contribution in [-0.4, -0.2) is 53.9 Å². The fourth-order valence-electron chi connectivity index (χ4n) is 4.03. The standard InChI is InChI=1S/C23H23N3O5/c1-28-17-7-3-2-6-16(17)22-24-21(25-31-22)15-10-12-26(13-11-15)23(27)20-14-29-18-8-4-5-9-19(18)30-20/h2-9,15,20H,10-14H2,1H3/t20-/m1/s1. The Hall–Kier alpha value is -3.55. The molecule has 1 amide bonds. The maximum Gasteiger partial charge on any atom is 0.267 e. The van der Waals surface area contributed by atoms with E-state index >= 15 is 0 Å². The molecule has 0 aliphatic carbocycles. The third kappa shape index (κ3) is 3.81. The summed E-state index contributed by atoms with van der Waals surface area (Å²) < 4.78 is 22.4. The van der Waals surface area contributed by atoms with Crippen LogP contribution in [0.5, 0.6) is 17.2 Å². The summed E-state index contributed by atoms with van der Waals surface area (Å²) in [6.07, 6.45) is 0.912. The molecule has 1 saturated heterocycles. The fourth-order valence-corrected chi connectivity index (χ4v) is 4.03. The van der Waals surface area contributed by atoms with Crippen molar-refractivity contribution in [1.29, 1.82) is 0 Å². The van der Waals surface area contributed by atoms with E-state index in [1.54, 1.807) is 7.11 Å². The van der Waals surface area contributed by atoms with Crippen LogP contribution >= 0.6 is 0 Å². The number of para-hydroxylation sites is 3. The van der Waals surface area contributed by atoms with Gasteiger partial charge in [0.1, 0.15) is 12.4 Å². The molecular formula is C23H23N3O5. The first-order chi connectivity index (χ1) is 15.2. The SMILES string of the molecule is COc1ccccc1-c1nc(C2CCN(C(=O)[C@H]3COc4ccccc4O3)CC2)no1. The van der Waals surface area contributed by atoms with E-state index in [-0.39, 0.29) is 18.4 Å². The molecule has 0 saturated carbocycles. The minimum absolute atomic E-state index is 0.0456. The molecule has 5 rings (SSSR count). The smallest absolute Gasteiger partial charge is 0.267 e. The maximum absolute atomic E-state index is 12.9. The van der Waals surface area contributed by atoms with Gasteiger partial charge >= 0.3 is 0 Å². The molecule has 1 aromatic heterocycles. The van der Waals surface area contributed by atoms with Crippen LogP contribution in [-0.2, 0) is 4.79 Å². The maximum atomic E-state index is 12.9. The lowest BCUT2D eigenvalue weighted by atomic mass is 9.96. The van der Waals surface area contributed by atoms with E-state index in [1.165, 1.54) is 0 Å². The van der Waals surface area contributed by atoms with Crippen molar-refractivity contribution in [3.8, 4) is 28.7 Å². The average molecular weight is 421 g/mol. The van der Waals surface area contributed by atoms with Crippen molar-refractivity contribution in [3.05, 3.63) is 54.4 Å². The number of ether oxygens (including phenoxy) is 3. The van der Waals surface area contributed by atoms with E-state index in [0.29, 0.717) is 42.1 Å². The minimum atomic E-state index is -0.617. The van der Waals surface area contributed by atoms with Gasteiger partial charge in [-0.1, -0.05) is 29.4 Å². The van der Waals surface area contributed by atoms with Crippen LogP contribution in [0.3, 0.4) is 0 Å². The average Bonchev–Trinajstić information content (AvgIpc) is 3.33. The summed E-state index contributed by atoms with van der Waals surface area (Å²) in [5, 5.41) is 4.19. The molecule has 1 atom stereocenters. The van der Waals surface area contributed by atoms with Crippen LogP contribution in [0.15, 0.2) is 53.1 Å². The van der Waals surface area contributed by atoms with E-state index in [9.17, 15) is 4.79 Å². The molecule has 0 spiro atoms. The molecule has 3 heterocycles. The van der Waals surface area contributed by atoms with Crippen molar-refractivity contribution in [2.75, 3.05) is 26.8 Å². The lowest BCUT2D eigenvalue weighted by Crippen LogP contribution is -2.48. The van der Waals surface area contributed by atoms with Crippen molar-refractivity contribution in [3.63, 3.8) is 0 Å². The van der Waals surface area contributed by atoms with Crippen molar-refractivity contribution in [1.82, 2.24) is 15.0 Å². The Bertz CT molecular complexity index is 1070. The molecule has 0 N–H and O–H groups in total. The Morgan fingerprint density at radius 2 is 1.81 bits per heavy atom. The number of likely N-dealkylation sites (tertiary alicyclic amines) is 1. The van der Waals surface area contributed by atoms with Gasteiger partial charge in [0.2, 0.25) is 6.10 Å². The zero-order valence-corrected chi connectivity index (χ0v) is 17.2. The summed E-state index contributed by atoms with van der Waals surface area (Å²) >= 11 is 0. The van der Waals surface area contributed by atoms with E-state index < -0.39 is 6.10 Å². The zero-order chi connectivity index (χ0) is 21.2. The number of hydrogen-bond donors (Lipinski definition) is 0. The number of fused-ring (bicyclic) bond motifs is 1. The highest BCUT2D eigenvalue weighted by Gasteiger charge is 2.34. The lowest BCUT2D eigenvalue weighted by Gasteiger charge is -2.34. The Kier molecular flexibility index (Phi) is 5.19. The molecule has 0 radical (unpaired) electrons. The summed E-state index contributed by atoms with van der Waals surface area (Å²) in [6.45, 7) is 1.45. The first kappa shape index (κ1) is 19.4.